The van der Waals surface area contributed by atoms with E-state index in [1.54, 1.807) is 0 Å². The number of alkyl halides is 1. The maximum absolute atomic E-state index is 13.0. The lowest BCUT2D eigenvalue weighted by atomic mass is 10.1. The first kappa shape index (κ1) is 15.4. The van der Waals surface area contributed by atoms with Crippen molar-refractivity contribution in [2.24, 2.45) is 0 Å². The van der Waals surface area contributed by atoms with Crippen LogP contribution in [0.2, 0.25) is 0 Å². The van der Waals surface area contributed by atoms with Crippen LogP contribution in [0.4, 0.5) is 10.1 Å². The first-order valence-electron chi connectivity index (χ1n) is 5.78. The Morgan fingerprint density at radius 3 is 2.84 bits per heavy atom. The molecule has 0 radical (unpaired) electrons. The molecule has 1 unspecified atom stereocenters. The molecule has 0 heterocycles. The molecule has 1 N–H and O–H groups in total. The predicted molar refractivity (Wildman–Crippen MR) is 69.9 cm³/mol. The second-order valence-corrected chi connectivity index (χ2v) is 4.84. The van der Waals surface area contributed by atoms with E-state index in [-0.39, 0.29) is 10.9 Å². The second kappa shape index (κ2) is 7.04. The van der Waals surface area contributed by atoms with Crippen LogP contribution in [0.25, 0.3) is 0 Å². The van der Waals surface area contributed by atoms with Crippen LogP contribution in [0, 0.1) is 15.9 Å². The molecule has 5 nitrogen and oxygen atoms in total. The van der Waals surface area contributed by atoms with Gasteiger partial charge < -0.3 is 5.32 Å². The lowest BCUT2D eigenvalue weighted by Gasteiger charge is -2.06. The number of nitrogens with one attached hydrogen (secondary N) is 1. The number of nitro groups is 1. The summed E-state index contributed by atoms with van der Waals surface area (Å²) >= 11 is 5.75. The van der Waals surface area contributed by atoms with Crippen molar-refractivity contribution in [3.8, 4) is 0 Å². The van der Waals surface area contributed by atoms with Gasteiger partial charge in [0.2, 0.25) is 0 Å². The van der Waals surface area contributed by atoms with Crippen molar-refractivity contribution in [3.05, 3.63) is 39.7 Å². The van der Waals surface area contributed by atoms with Crippen molar-refractivity contribution < 1.29 is 14.1 Å². The average Bonchev–Trinajstić information content (AvgIpc) is 2.33. The fourth-order valence-electron chi connectivity index (χ4n) is 1.53. The van der Waals surface area contributed by atoms with E-state index in [0.29, 0.717) is 19.4 Å². The number of hydrogen-bond acceptors (Lipinski definition) is 3. The summed E-state index contributed by atoms with van der Waals surface area (Å²) in [6.45, 7) is 2.17. The summed E-state index contributed by atoms with van der Waals surface area (Å²) < 4.78 is 13.0. The Balaban J connectivity index is 2.70. The Labute approximate surface area is 114 Å². The summed E-state index contributed by atoms with van der Waals surface area (Å²) in [5, 5.41) is 13.3. The van der Waals surface area contributed by atoms with Crippen LogP contribution in [-0.4, -0.2) is 22.8 Å². The number of rotatable bonds is 6. The zero-order valence-corrected chi connectivity index (χ0v) is 11.1. The van der Waals surface area contributed by atoms with E-state index < -0.39 is 22.3 Å². The van der Waals surface area contributed by atoms with Crippen molar-refractivity contribution in [2.45, 2.75) is 25.1 Å². The molecule has 1 aromatic rings. The minimum Gasteiger partial charge on any atom is -0.352 e. The molecule has 0 aliphatic rings. The fraction of sp³-hybridized carbons (Fsp3) is 0.417. The number of nitro benzene ring substituents is 1. The minimum atomic E-state index is -0.713. The first-order valence-corrected chi connectivity index (χ1v) is 6.21. The minimum absolute atomic E-state index is 0.000378. The van der Waals surface area contributed by atoms with Crippen molar-refractivity contribution in [1.29, 1.82) is 0 Å². The zero-order valence-electron chi connectivity index (χ0n) is 10.4. The quantitative estimate of drug-likeness (QED) is 0.379. The Bertz CT molecular complexity index is 480. The van der Waals surface area contributed by atoms with Gasteiger partial charge in [0, 0.05) is 18.0 Å². The summed E-state index contributed by atoms with van der Waals surface area (Å²) in [6, 6.07) is 2.78. The van der Waals surface area contributed by atoms with Crippen LogP contribution in [-0.2, 0) is 0 Å². The average molecular weight is 289 g/mol. The summed E-state index contributed by atoms with van der Waals surface area (Å²) in [5.41, 5.74) is -0.687. The molecule has 0 spiro atoms. The molecule has 0 aliphatic heterocycles. The molecule has 1 atom stereocenters. The Kier molecular flexibility index (Phi) is 5.69. The zero-order chi connectivity index (χ0) is 14.4. The van der Waals surface area contributed by atoms with E-state index in [4.69, 9.17) is 11.6 Å². The van der Waals surface area contributed by atoms with Gasteiger partial charge >= 0.3 is 0 Å². The van der Waals surface area contributed by atoms with Crippen LogP contribution >= 0.6 is 11.6 Å². The molecular formula is C12H14ClFN2O3. The number of halogens is 2. The third-order valence-electron chi connectivity index (χ3n) is 2.46. The van der Waals surface area contributed by atoms with E-state index in [1.165, 1.54) is 0 Å². The van der Waals surface area contributed by atoms with Crippen LogP contribution in [0.5, 0.6) is 0 Å². The number of benzene rings is 1. The SMILES string of the molecule is CC(Cl)CCCNC(=O)c1cc(F)ccc1[N+](=O)[O-]. The van der Waals surface area contributed by atoms with Crippen molar-refractivity contribution >= 4 is 23.2 Å². The van der Waals surface area contributed by atoms with Gasteiger partial charge in [-0.1, -0.05) is 0 Å². The molecule has 19 heavy (non-hydrogen) atoms. The molecule has 0 saturated carbocycles. The maximum atomic E-state index is 13.0. The molecule has 0 aliphatic carbocycles. The van der Waals surface area contributed by atoms with Gasteiger partial charge in [0.15, 0.2) is 0 Å². The maximum Gasteiger partial charge on any atom is 0.282 e. The summed E-state index contributed by atoms with van der Waals surface area (Å²) in [7, 11) is 0. The molecule has 104 valence electrons. The third-order valence-corrected chi connectivity index (χ3v) is 2.68. The first-order chi connectivity index (χ1) is 8.91. The van der Waals surface area contributed by atoms with E-state index in [2.05, 4.69) is 5.32 Å². The lowest BCUT2D eigenvalue weighted by molar-refractivity contribution is -0.385. The van der Waals surface area contributed by atoms with Gasteiger partial charge in [0.25, 0.3) is 11.6 Å². The van der Waals surface area contributed by atoms with Crippen molar-refractivity contribution in [1.82, 2.24) is 5.32 Å². The normalized spacial score (nSPS) is 11.9. The molecule has 1 amide bonds. The Morgan fingerprint density at radius 2 is 2.26 bits per heavy atom. The van der Waals surface area contributed by atoms with E-state index in [0.717, 1.165) is 18.2 Å². The molecule has 1 rings (SSSR count). The van der Waals surface area contributed by atoms with Gasteiger partial charge in [-0.05, 0) is 31.9 Å². The molecular weight excluding hydrogens is 275 g/mol. The summed E-state index contributed by atoms with van der Waals surface area (Å²) in [5.74, 6) is -1.35. The molecule has 0 bridgehead atoms. The Hall–Kier alpha value is -1.69. The number of amides is 1. The highest BCUT2D eigenvalue weighted by atomic mass is 35.5. The summed E-state index contributed by atoms with van der Waals surface area (Å²) in [4.78, 5) is 21.8. The van der Waals surface area contributed by atoms with E-state index in [1.807, 2.05) is 6.92 Å². The van der Waals surface area contributed by atoms with Gasteiger partial charge in [-0.3, -0.25) is 14.9 Å². The lowest BCUT2D eigenvalue weighted by Crippen LogP contribution is -2.25. The largest absolute Gasteiger partial charge is 0.352 e. The Morgan fingerprint density at radius 1 is 1.58 bits per heavy atom. The third kappa shape index (κ3) is 4.82. The predicted octanol–water partition coefficient (Wildman–Crippen LogP) is 2.87. The highest BCUT2D eigenvalue weighted by Gasteiger charge is 2.20. The van der Waals surface area contributed by atoms with Gasteiger partial charge in [-0.2, -0.15) is 0 Å². The monoisotopic (exact) mass is 288 g/mol. The molecule has 7 heteroatoms. The molecule has 0 fully saturated rings. The van der Waals surface area contributed by atoms with Crippen molar-refractivity contribution in [2.75, 3.05) is 6.54 Å². The molecule has 0 saturated heterocycles. The number of carbonyl (C=O) groups excluding carboxylic acids is 1. The van der Waals surface area contributed by atoms with Gasteiger partial charge in [-0.25, -0.2) is 4.39 Å². The standard InChI is InChI=1S/C12H14ClFN2O3/c1-8(13)3-2-6-15-12(17)10-7-9(14)4-5-11(10)16(18)19/h4-5,7-8H,2-3,6H2,1H3,(H,15,17). The van der Waals surface area contributed by atoms with Crippen LogP contribution in [0.15, 0.2) is 18.2 Å². The van der Waals surface area contributed by atoms with Crippen LogP contribution in [0.1, 0.15) is 30.1 Å². The van der Waals surface area contributed by atoms with Crippen molar-refractivity contribution in [3.63, 3.8) is 0 Å². The van der Waals surface area contributed by atoms with Crippen LogP contribution in [0.3, 0.4) is 0 Å². The smallest absolute Gasteiger partial charge is 0.282 e. The number of hydrogen-bond donors (Lipinski definition) is 1. The highest BCUT2D eigenvalue weighted by Crippen LogP contribution is 2.19. The number of nitrogens with zero attached hydrogens (tertiary/aromatic N) is 1. The van der Waals surface area contributed by atoms with E-state index >= 15 is 0 Å². The second-order valence-electron chi connectivity index (χ2n) is 4.10. The summed E-state index contributed by atoms with van der Waals surface area (Å²) in [6.07, 6.45) is 1.37. The van der Waals surface area contributed by atoms with Gasteiger partial charge in [0.1, 0.15) is 11.4 Å². The molecule has 0 aromatic heterocycles. The topological polar surface area (TPSA) is 72.2 Å². The van der Waals surface area contributed by atoms with E-state index in [9.17, 15) is 19.3 Å². The highest BCUT2D eigenvalue weighted by molar-refractivity contribution is 6.20. The van der Waals surface area contributed by atoms with Gasteiger partial charge in [-0.15, -0.1) is 11.6 Å². The number of carbonyl (C=O) groups is 1. The molecule has 1 aromatic carbocycles. The van der Waals surface area contributed by atoms with Gasteiger partial charge in [0.05, 0.1) is 4.92 Å². The fourth-order valence-corrected chi connectivity index (χ4v) is 1.68. The van der Waals surface area contributed by atoms with Crippen LogP contribution < -0.4 is 5.32 Å².